The number of hydrogen-bond acceptors (Lipinski definition) is 4. The Morgan fingerprint density at radius 2 is 2.31 bits per heavy atom. The molecule has 0 aliphatic carbocycles. The van der Waals surface area contributed by atoms with E-state index in [9.17, 15) is 0 Å². The van der Waals surface area contributed by atoms with Crippen LogP contribution < -0.4 is 11.1 Å². The first-order valence-corrected chi connectivity index (χ1v) is 4.56. The third-order valence-corrected chi connectivity index (χ3v) is 1.71. The summed E-state index contributed by atoms with van der Waals surface area (Å²) in [4.78, 5) is 8.30. The summed E-state index contributed by atoms with van der Waals surface area (Å²) < 4.78 is 0. The first kappa shape index (κ1) is 9.92. The fraction of sp³-hybridized carbons (Fsp3) is 0.556. The lowest BCUT2D eigenvalue weighted by Crippen LogP contribution is -2.08. The molecule has 0 aromatic carbocycles. The van der Waals surface area contributed by atoms with Crippen LogP contribution in [0.15, 0.2) is 12.3 Å². The van der Waals surface area contributed by atoms with Gasteiger partial charge in [-0.2, -0.15) is 0 Å². The van der Waals surface area contributed by atoms with E-state index in [-0.39, 0.29) is 0 Å². The number of nitrogens with zero attached hydrogens (tertiary/aromatic N) is 2. The summed E-state index contributed by atoms with van der Waals surface area (Å²) in [6.45, 7) is 3.59. The highest BCUT2D eigenvalue weighted by Gasteiger charge is 1.93. The van der Waals surface area contributed by atoms with Gasteiger partial charge in [0.15, 0.2) is 0 Å². The number of nitrogens with two attached hydrogens (primary N) is 1. The van der Waals surface area contributed by atoms with Gasteiger partial charge in [0.05, 0.1) is 0 Å². The topological polar surface area (TPSA) is 63.8 Å². The highest BCUT2D eigenvalue weighted by atomic mass is 15.1. The Hall–Kier alpha value is -1.16. The summed E-state index contributed by atoms with van der Waals surface area (Å²) in [6, 6.07) is 1.88. The standard InChI is InChI=1S/C9H16N4/c1-8-4-7-12-9(13-8)11-6-3-2-5-10/h4,7H,2-3,5-6,10H2,1H3,(H,11,12,13). The maximum Gasteiger partial charge on any atom is 0.222 e. The van der Waals surface area contributed by atoms with Crippen LogP contribution in [-0.2, 0) is 0 Å². The minimum atomic E-state index is 0.706. The minimum Gasteiger partial charge on any atom is -0.354 e. The van der Waals surface area contributed by atoms with Crippen molar-refractivity contribution < 1.29 is 0 Å². The van der Waals surface area contributed by atoms with Gasteiger partial charge < -0.3 is 11.1 Å². The van der Waals surface area contributed by atoms with Crippen LogP contribution in [-0.4, -0.2) is 23.1 Å². The van der Waals surface area contributed by atoms with Crippen LogP contribution in [0.2, 0.25) is 0 Å². The highest BCUT2D eigenvalue weighted by molar-refractivity contribution is 5.24. The molecule has 0 spiro atoms. The number of rotatable bonds is 5. The summed E-state index contributed by atoms with van der Waals surface area (Å²) >= 11 is 0. The van der Waals surface area contributed by atoms with Crippen LogP contribution in [0.1, 0.15) is 18.5 Å². The molecular formula is C9H16N4. The summed E-state index contributed by atoms with van der Waals surface area (Å²) in [5.74, 6) is 0.706. The summed E-state index contributed by atoms with van der Waals surface area (Å²) in [7, 11) is 0. The maximum atomic E-state index is 5.37. The van der Waals surface area contributed by atoms with E-state index in [4.69, 9.17) is 5.73 Å². The van der Waals surface area contributed by atoms with E-state index in [1.165, 1.54) is 0 Å². The molecule has 0 amide bonds. The Balaban J connectivity index is 2.28. The second-order valence-corrected chi connectivity index (χ2v) is 2.94. The van der Waals surface area contributed by atoms with Gasteiger partial charge in [-0.3, -0.25) is 0 Å². The smallest absolute Gasteiger partial charge is 0.222 e. The van der Waals surface area contributed by atoms with Gasteiger partial charge in [-0.15, -0.1) is 0 Å². The molecule has 1 aromatic rings. The van der Waals surface area contributed by atoms with Crippen LogP contribution >= 0.6 is 0 Å². The number of anilines is 1. The monoisotopic (exact) mass is 180 g/mol. The van der Waals surface area contributed by atoms with Gasteiger partial charge in [-0.05, 0) is 32.4 Å². The number of nitrogens with one attached hydrogen (secondary N) is 1. The van der Waals surface area contributed by atoms with Gasteiger partial charge in [-0.1, -0.05) is 0 Å². The van der Waals surface area contributed by atoms with Gasteiger partial charge in [-0.25, -0.2) is 9.97 Å². The SMILES string of the molecule is Cc1ccnc(NCCCCN)n1. The molecule has 72 valence electrons. The molecule has 4 heteroatoms. The Bertz CT molecular complexity index is 249. The molecule has 0 unspecified atom stereocenters. The minimum absolute atomic E-state index is 0.706. The molecule has 13 heavy (non-hydrogen) atoms. The van der Waals surface area contributed by atoms with E-state index in [0.717, 1.165) is 31.6 Å². The third-order valence-electron chi connectivity index (χ3n) is 1.71. The normalized spacial score (nSPS) is 10.0. The zero-order chi connectivity index (χ0) is 9.52. The molecule has 0 atom stereocenters. The van der Waals surface area contributed by atoms with E-state index in [0.29, 0.717) is 5.95 Å². The van der Waals surface area contributed by atoms with Crippen molar-refractivity contribution >= 4 is 5.95 Å². The first-order chi connectivity index (χ1) is 6.33. The molecule has 0 bridgehead atoms. The Labute approximate surface area is 78.6 Å². The van der Waals surface area contributed by atoms with Crippen molar-refractivity contribution in [2.45, 2.75) is 19.8 Å². The molecular weight excluding hydrogens is 164 g/mol. The van der Waals surface area contributed by atoms with Crippen LogP contribution in [0.5, 0.6) is 0 Å². The zero-order valence-electron chi connectivity index (χ0n) is 7.95. The number of hydrogen-bond donors (Lipinski definition) is 2. The van der Waals surface area contributed by atoms with Crippen molar-refractivity contribution in [3.8, 4) is 0 Å². The lowest BCUT2D eigenvalue weighted by Gasteiger charge is -2.03. The van der Waals surface area contributed by atoms with E-state index < -0.39 is 0 Å². The zero-order valence-corrected chi connectivity index (χ0v) is 7.95. The molecule has 1 rings (SSSR count). The van der Waals surface area contributed by atoms with Gasteiger partial charge in [0.1, 0.15) is 0 Å². The molecule has 0 fully saturated rings. The van der Waals surface area contributed by atoms with Gasteiger partial charge >= 0.3 is 0 Å². The largest absolute Gasteiger partial charge is 0.354 e. The summed E-state index contributed by atoms with van der Waals surface area (Å²) in [5.41, 5.74) is 6.36. The summed E-state index contributed by atoms with van der Waals surface area (Å²) in [6.07, 6.45) is 3.86. The van der Waals surface area contributed by atoms with Crippen LogP contribution in [0.25, 0.3) is 0 Å². The molecule has 0 saturated heterocycles. The fourth-order valence-corrected chi connectivity index (χ4v) is 1.00. The van der Waals surface area contributed by atoms with Crippen molar-refractivity contribution in [2.75, 3.05) is 18.4 Å². The summed E-state index contributed by atoms with van der Waals surface area (Å²) in [5, 5.41) is 3.14. The highest BCUT2D eigenvalue weighted by Crippen LogP contribution is 1.98. The van der Waals surface area contributed by atoms with E-state index in [1.807, 2.05) is 13.0 Å². The number of aryl methyl sites for hydroxylation is 1. The molecule has 4 nitrogen and oxygen atoms in total. The number of aromatic nitrogens is 2. The van der Waals surface area contributed by atoms with Gasteiger partial charge in [0, 0.05) is 18.4 Å². The number of unbranched alkanes of at least 4 members (excludes halogenated alkanes) is 1. The van der Waals surface area contributed by atoms with Crippen LogP contribution in [0.3, 0.4) is 0 Å². The molecule has 1 aromatic heterocycles. The van der Waals surface area contributed by atoms with E-state index in [1.54, 1.807) is 6.20 Å². The second-order valence-electron chi connectivity index (χ2n) is 2.94. The predicted molar refractivity (Wildman–Crippen MR) is 53.5 cm³/mol. The molecule has 0 radical (unpaired) electrons. The van der Waals surface area contributed by atoms with Crippen molar-refractivity contribution in [3.63, 3.8) is 0 Å². The molecule has 0 aliphatic rings. The molecule has 1 heterocycles. The third kappa shape index (κ3) is 3.85. The first-order valence-electron chi connectivity index (χ1n) is 4.56. The Morgan fingerprint density at radius 1 is 1.46 bits per heavy atom. The average molecular weight is 180 g/mol. The quantitative estimate of drug-likeness (QED) is 0.662. The van der Waals surface area contributed by atoms with Crippen LogP contribution in [0.4, 0.5) is 5.95 Å². The maximum absolute atomic E-state index is 5.37. The van der Waals surface area contributed by atoms with Crippen LogP contribution in [0, 0.1) is 6.92 Å². The van der Waals surface area contributed by atoms with Gasteiger partial charge in [0.25, 0.3) is 0 Å². The molecule has 3 N–H and O–H groups in total. The van der Waals surface area contributed by atoms with Crippen molar-refractivity contribution in [3.05, 3.63) is 18.0 Å². The Morgan fingerprint density at radius 3 is 3.00 bits per heavy atom. The van der Waals surface area contributed by atoms with E-state index in [2.05, 4.69) is 15.3 Å². The lowest BCUT2D eigenvalue weighted by atomic mass is 10.3. The Kier molecular flexibility index (Phi) is 4.18. The van der Waals surface area contributed by atoms with Gasteiger partial charge in [0.2, 0.25) is 5.95 Å². The fourth-order valence-electron chi connectivity index (χ4n) is 1.00. The lowest BCUT2D eigenvalue weighted by molar-refractivity contribution is 0.769. The average Bonchev–Trinajstić information content (AvgIpc) is 2.13. The van der Waals surface area contributed by atoms with Crippen molar-refractivity contribution in [2.24, 2.45) is 5.73 Å². The van der Waals surface area contributed by atoms with Crippen molar-refractivity contribution in [1.29, 1.82) is 0 Å². The molecule has 0 saturated carbocycles. The van der Waals surface area contributed by atoms with E-state index >= 15 is 0 Å². The second kappa shape index (κ2) is 5.48. The van der Waals surface area contributed by atoms with Crippen molar-refractivity contribution in [1.82, 2.24) is 9.97 Å². The molecule has 0 aliphatic heterocycles. The predicted octanol–water partition coefficient (Wildman–Crippen LogP) is 0.936.